The van der Waals surface area contributed by atoms with E-state index in [1.165, 1.54) is 16.8 Å². The molecule has 2 N–H and O–H groups in total. The zero-order valence-corrected chi connectivity index (χ0v) is 19.1. The van der Waals surface area contributed by atoms with Crippen LogP contribution in [0.5, 0.6) is 0 Å². The number of carbonyl (C=O) groups is 1. The summed E-state index contributed by atoms with van der Waals surface area (Å²) in [5.41, 5.74) is 4.34. The molecule has 0 fully saturated rings. The van der Waals surface area contributed by atoms with Crippen molar-refractivity contribution in [3.63, 3.8) is 0 Å². The molecular weight excluding hydrogens is 418 g/mol. The van der Waals surface area contributed by atoms with Gasteiger partial charge in [-0.1, -0.05) is 20.8 Å². The number of hydrogen-bond acceptors (Lipinski definition) is 5. The second-order valence-corrected chi connectivity index (χ2v) is 10.00. The van der Waals surface area contributed by atoms with Crippen LogP contribution < -0.4 is 11.3 Å². The van der Waals surface area contributed by atoms with Crippen LogP contribution in [0.4, 0.5) is 19.3 Å². The van der Waals surface area contributed by atoms with Gasteiger partial charge >= 0.3 is 6.09 Å². The van der Waals surface area contributed by atoms with Crippen LogP contribution in [0.25, 0.3) is 11.0 Å². The number of pyridine rings is 1. The van der Waals surface area contributed by atoms with Gasteiger partial charge in [0.1, 0.15) is 11.4 Å². The largest absolute Gasteiger partial charge is 0.443 e. The van der Waals surface area contributed by atoms with E-state index in [4.69, 9.17) is 10.5 Å². The van der Waals surface area contributed by atoms with Crippen molar-refractivity contribution in [1.82, 2.24) is 14.1 Å². The van der Waals surface area contributed by atoms with E-state index in [9.17, 15) is 18.4 Å². The fourth-order valence-electron chi connectivity index (χ4n) is 3.41. The summed E-state index contributed by atoms with van der Waals surface area (Å²) in [6.45, 7) is 10.6. The standard InChI is InChI=1S/C23H28F2N4O3/c1-22(2,3)11-13-18(25)14(24)10-16-19(13)27-17(29(16)21(31)32-23(4,5)6)12-28-9-7-8-15(26)20(28)30/h7-10H,11-12,26H2,1-6H3. The van der Waals surface area contributed by atoms with E-state index in [1.807, 2.05) is 20.8 Å². The maximum atomic E-state index is 14.8. The highest BCUT2D eigenvalue weighted by Crippen LogP contribution is 2.31. The number of rotatable bonds is 3. The molecule has 0 unspecified atom stereocenters. The van der Waals surface area contributed by atoms with Gasteiger partial charge in [0.25, 0.3) is 5.56 Å². The highest BCUT2D eigenvalue weighted by Gasteiger charge is 2.28. The van der Waals surface area contributed by atoms with Gasteiger partial charge in [-0.05, 0) is 44.7 Å². The van der Waals surface area contributed by atoms with Crippen LogP contribution in [0.1, 0.15) is 52.9 Å². The Morgan fingerprint density at radius 3 is 2.44 bits per heavy atom. The monoisotopic (exact) mass is 446 g/mol. The van der Waals surface area contributed by atoms with E-state index in [0.717, 1.165) is 10.6 Å². The third-order valence-electron chi connectivity index (χ3n) is 4.65. The van der Waals surface area contributed by atoms with Crippen molar-refractivity contribution in [2.75, 3.05) is 5.73 Å². The molecule has 0 amide bonds. The van der Waals surface area contributed by atoms with Gasteiger partial charge in [-0.3, -0.25) is 4.79 Å². The van der Waals surface area contributed by atoms with Crippen LogP contribution in [-0.4, -0.2) is 25.8 Å². The maximum absolute atomic E-state index is 14.8. The Hall–Kier alpha value is -3.23. The summed E-state index contributed by atoms with van der Waals surface area (Å²) < 4.78 is 37.2. The van der Waals surface area contributed by atoms with Crippen molar-refractivity contribution in [2.24, 2.45) is 5.41 Å². The number of halogens is 2. The van der Waals surface area contributed by atoms with E-state index >= 15 is 0 Å². The molecule has 172 valence electrons. The van der Waals surface area contributed by atoms with Crippen LogP contribution in [0.3, 0.4) is 0 Å². The molecule has 0 radical (unpaired) electrons. The Balaban J connectivity index is 2.30. The van der Waals surface area contributed by atoms with E-state index in [0.29, 0.717) is 0 Å². The first-order valence-electron chi connectivity index (χ1n) is 10.2. The molecule has 3 rings (SSSR count). The predicted octanol–water partition coefficient (Wildman–Crippen LogP) is 4.48. The summed E-state index contributed by atoms with van der Waals surface area (Å²) in [7, 11) is 0. The Kier molecular flexibility index (Phi) is 5.88. The number of nitrogen functional groups attached to an aromatic ring is 1. The molecule has 0 atom stereocenters. The van der Waals surface area contributed by atoms with E-state index in [1.54, 1.807) is 26.8 Å². The van der Waals surface area contributed by atoms with Gasteiger partial charge in [0.15, 0.2) is 11.6 Å². The highest BCUT2D eigenvalue weighted by molar-refractivity contribution is 5.89. The van der Waals surface area contributed by atoms with Gasteiger partial charge in [0.05, 0.1) is 23.3 Å². The predicted molar refractivity (Wildman–Crippen MR) is 119 cm³/mol. The smallest absolute Gasteiger partial charge is 0.420 e. The molecule has 2 heterocycles. The number of aromatic nitrogens is 3. The van der Waals surface area contributed by atoms with Crippen molar-refractivity contribution in [2.45, 2.75) is 60.1 Å². The SMILES string of the molecule is CC(C)(C)Cc1c(F)c(F)cc2c1nc(Cn1cccc(N)c1=O)n2C(=O)OC(C)(C)C. The average molecular weight is 446 g/mol. The molecule has 0 bridgehead atoms. The zero-order valence-electron chi connectivity index (χ0n) is 19.1. The summed E-state index contributed by atoms with van der Waals surface area (Å²) in [5, 5.41) is 0. The first-order valence-corrected chi connectivity index (χ1v) is 10.2. The van der Waals surface area contributed by atoms with Crippen molar-refractivity contribution < 1.29 is 18.3 Å². The molecule has 32 heavy (non-hydrogen) atoms. The molecule has 1 aromatic carbocycles. The molecule has 2 aromatic heterocycles. The second kappa shape index (κ2) is 8.03. The fraction of sp³-hybridized carbons (Fsp3) is 0.435. The normalized spacial score (nSPS) is 12.4. The minimum Gasteiger partial charge on any atom is -0.443 e. The first-order chi connectivity index (χ1) is 14.7. The molecule has 3 aromatic rings. The summed E-state index contributed by atoms with van der Waals surface area (Å²) >= 11 is 0. The van der Waals surface area contributed by atoms with Gasteiger partial charge in [-0.25, -0.2) is 23.1 Å². The molecule has 0 spiro atoms. The van der Waals surface area contributed by atoms with Crippen LogP contribution in [0.15, 0.2) is 29.2 Å². The lowest BCUT2D eigenvalue weighted by atomic mass is 9.87. The number of nitrogens with two attached hydrogens (primary N) is 1. The Morgan fingerprint density at radius 2 is 1.84 bits per heavy atom. The van der Waals surface area contributed by atoms with Gasteiger partial charge in [0.2, 0.25) is 0 Å². The molecule has 0 aliphatic heterocycles. The number of hydrogen-bond donors (Lipinski definition) is 1. The summed E-state index contributed by atoms with van der Waals surface area (Å²) in [6.07, 6.45) is 0.879. The van der Waals surface area contributed by atoms with Gasteiger partial charge in [-0.15, -0.1) is 0 Å². The highest BCUT2D eigenvalue weighted by atomic mass is 19.2. The summed E-state index contributed by atoms with van der Waals surface area (Å²) in [5.74, 6) is -2.00. The number of nitrogens with zero attached hydrogens (tertiary/aromatic N) is 3. The number of fused-ring (bicyclic) bond motifs is 1. The molecule has 0 aliphatic carbocycles. The van der Waals surface area contributed by atoms with Crippen LogP contribution in [0.2, 0.25) is 0 Å². The molecular formula is C23H28F2N4O3. The minimum absolute atomic E-state index is 0.0259. The number of ether oxygens (including phenoxy) is 1. The average Bonchev–Trinajstić information content (AvgIpc) is 2.98. The number of carbonyl (C=O) groups excluding carboxylic acids is 1. The van der Waals surface area contributed by atoms with Gasteiger partial charge in [0, 0.05) is 17.8 Å². The molecule has 9 heteroatoms. The summed E-state index contributed by atoms with van der Waals surface area (Å²) in [4.78, 5) is 30.0. The second-order valence-electron chi connectivity index (χ2n) is 10.00. The molecule has 0 aliphatic rings. The maximum Gasteiger partial charge on any atom is 0.420 e. The van der Waals surface area contributed by atoms with Gasteiger partial charge in [-0.2, -0.15) is 0 Å². The topological polar surface area (TPSA) is 92.1 Å². The van der Waals surface area contributed by atoms with Crippen LogP contribution >= 0.6 is 0 Å². The number of benzene rings is 1. The first kappa shape index (κ1) is 23.4. The van der Waals surface area contributed by atoms with Crippen molar-refractivity contribution in [3.8, 4) is 0 Å². The molecule has 7 nitrogen and oxygen atoms in total. The van der Waals surface area contributed by atoms with Crippen molar-refractivity contribution >= 4 is 22.8 Å². The van der Waals surface area contributed by atoms with Gasteiger partial charge < -0.3 is 15.0 Å². The summed E-state index contributed by atoms with van der Waals surface area (Å²) in [6, 6.07) is 3.98. The Labute approximate surface area is 184 Å². The van der Waals surface area contributed by atoms with Crippen molar-refractivity contribution in [1.29, 1.82) is 0 Å². The van der Waals surface area contributed by atoms with E-state index in [2.05, 4.69) is 4.98 Å². The van der Waals surface area contributed by atoms with Crippen LogP contribution in [-0.2, 0) is 17.7 Å². The Morgan fingerprint density at radius 1 is 1.19 bits per heavy atom. The van der Waals surface area contributed by atoms with E-state index in [-0.39, 0.29) is 46.5 Å². The Bertz CT molecular complexity index is 1250. The molecule has 0 saturated heterocycles. The lowest BCUT2D eigenvalue weighted by molar-refractivity contribution is 0.0538. The third-order valence-corrected chi connectivity index (χ3v) is 4.65. The minimum atomic E-state index is -1.09. The lowest BCUT2D eigenvalue weighted by Crippen LogP contribution is -2.30. The quantitative estimate of drug-likeness (QED) is 0.641. The number of imidazole rings is 1. The zero-order chi connectivity index (χ0) is 24.0. The fourth-order valence-corrected chi connectivity index (χ4v) is 3.41. The molecule has 0 saturated carbocycles. The van der Waals surface area contributed by atoms with E-state index < -0.39 is 28.9 Å². The van der Waals surface area contributed by atoms with Crippen LogP contribution in [0, 0.1) is 17.0 Å². The third kappa shape index (κ3) is 4.81. The number of anilines is 1. The van der Waals surface area contributed by atoms with Crippen molar-refractivity contribution in [3.05, 3.63) is 57.8 Å². The lowest BCUT2D eigenvalue weighted by Gasteiger charge is -2.21.